The van der Waals surface area contributed by atoms with Gasteiger partial charge in [-0.25, -0.2) is 4.89 Å². The van der Waals surface area contributed by atoms with Crippen molar-refractivity contribution in [2.75, 3.05) is 7.11 Å². The molecule has 50 valence electrons. The van der Waals surface area contributed by atoms with E-state index in [9.17, 15) is 0 Å². The third kappa shape index (κ3) is 3.33. The Bertz CT molecular complexity index is 57.2. The fourth-order valence-corrected chi connectivity index (χ4v) is 0.487. The van der Waals surface area contributed by atoms with E-state index in [0.717, 1.165) is 0 Å². The highest BCUT2D eigenvalue weighted by atomic mass is 31.2. The largest absolute Gasteiger partial charge is 0.348 e. The first-order chi connectivity index (χ1) is 3.68. The van der Waals surface area contributed by atoms with Crippen LogP contribution in [-0.2, 0) is 9.56 Å². The summed E-state index contributed by atoms with van der Waals surface area (Å²) in [7, 11) is 0.0210. The van der Waals surface area contributed by atoms with Crippen molar-refractivity contribution in [3.8, 4) is 0 Å². The van der Waals surface area contributed by atoms with Crippen molar-refractivity contribution >= 4 is 8.38 Å². The van der Waals surface area contributed by atoms with Crippen LogP contribution in [0.4, 0.5) is 0 Å². The molecule has 1 unspecified atom stereocenters. The fraction of sp³-hybridized carbons (Fsp3) is 1.00. The van der Waals surface area contributed by atoms with Gasteiger partial charge in [-0.2, -0.15) is 4.67 Å². The summed E-state index contributed by atoms with van der Waals surface area (Å²) in [5.74, 6) is 0. The second kappa shape index (κ2) is 4.21. The second-order valence-corrected chi connectivity index (χ2v) is 3.42. The first kappa shape index (κ1) is 8.31. The Labute approximate surface area is 50.5 Å². The first-order valence-electron chi connectivity index (χ1n) is 2.37. The summed E-state index contributed by atoms with van der Waals surface area (Å²) >= 11 is 0. The van der Waals surface area contributed by atoms with E-state index >= 15 is 0 Å². The maximum atomic E-state index is 8.84. The summed E-state index contributed by atoms with van der Waals surface area (Å²) in [6, 6.07) is 0. The van der Waals surface area contributed by atoms with E-state index < -0.39 is 8.38 Å². The molecule has 0 fully saturated rings. The summed E-state index contributed by atoms with van der Waals surface area (Å²) in [5, 5.41) is 0. The van der Waals surface area contributed by atoms with Crippen LogP contribution in [0, 0.1) is 0 Å². The predicted octanol–water partition coefficient (Wildman–Crippen LogP) is 1.28. The molecule has 8 heavy (non-hydrogen) atoms. The molecular formula is C4H11O3P. The lowest BCUT2D eigenvalue weighted by molar-refractivity contribution is -0.177. The van der Waals surface area contributed by atoms with E-state index in [1.54, 1.807) is 0 Å². The van der Waals surface area contributed by atoms with Gasteiger partial charge in [0.1, 0.15) is 0 Å². The standard InChI is InChI=1S/C4H11O3P/c1-4(2)8(5)7-6-3/h4-5H,1-3H3. The zero-order valence-corrected chi connectivity index (χ0v) is 6.18. The van der Waals surface area contributed by atoms with Crippen molar-refractivity contribution in [3.63, 3.8) is 0 Å². The Morgan fingerprint density at radius 1 is 1.50 bits per heavy atom. The molecular weight excluding hydrogens is 127 g/mol. The van der Waals surface area contributed by atoms with Crippen LogP contribution in [0.15, 0.2) is 0 Å². The average Bonchev–Trinajstić information content (AvgIpc) is 1.67. The lowest BCUT2D eigenvalue weighted by Gasteiger charge is -2.09. The SMILES string of the molecule is COOP(O)C(C)C. The van der Waals surface area contributed by atoms with E-state index in [4.69, 9.17) is 4.89 Å². The minimum Gasteiger partial charge on any atom is -0.348 e. The molecule has 0 aromatic heterocycles. The highest BCUT2D eigenvalue weighted by Crippen LogP contribution is 2.36. The second-order valence-electron chi connectivity index (χ2n) is 1.64. The molecule has 0 radical (unpaired) electrons. The van der Waals surface area contributed by atoms with Crippen LogP contribution in [0.3, 0.4) is 0 Å². The molecule has 0 rings (SSSR count). The molecule has 0 saturated heterocycles. The van der Waals surface area contributed by atoms with Crippen LogP contribution in [0.2, 0.25) is 0 Å². The maximum absolute atomic E-state index is 8.84. The van der Waals surface area contributed by atoms with Crippen molar-refractivity contribution in [1.29, 1.82) is 0 Å². The molecule has 0 aromatic carbocycles. The van der Waals surface area contributed by atoms with E-state index in [1.807, 2.05) is 13.8 Å². The topological polar surface area (TPSA) is 38.7 Å². The number of rotatable bonds is 3. The van der Waals surface area contributed by atoms with Crippen molar-refractivity contribution < 1.29 is 14.5 Å². The van der Waals surface area contributed by atoms with Crippen molar-refractivity contribution in [2.24, 2.45) is 0 Å². The zero-order chi connectivity index (χ0) is 6.57. The zero-order valence-electron chi connectivity index (χ0n) is 5.29. The minimum atomic E-state index is -1.36. The van der Waals surface area contributed by atoms with Gasteiger partial charge in [0.15, 0.2) is 0 Å². The summed E-state index contributed by atoms with van der Waals surface area (Å²) in [4.78, 5) is 13.1. The Hall–Kier alpha value is 0.310. The van der Waals surface area contributed by atoms with Crippen LogP contribution in [-0.4, -0.2) is 17.7 Å². The molecule has 0 bridgehead atoms. The van der Waals surface area contributed by atoms with Gasteiger partial charge in [-0.05, 0) is 0 Å². The molecule has 0 aliphatic heterocycles. The lowest BCUT2D eigenvalue weighted by Crippen LogP contribution is -1.94. The van der Waals surface area contributed by atoms with Crippen molar-refractivity contribution in [3.05, 3.63) is 0 Å². The summed E-state index contributed by atoms with van der Waals surface area (Å²) < 4.78 is 4.42. The Morgan fingerprint density at radius 3 is 2.12 bits per heavy atom. The monoisotopic (exact) mass is 138 g/mol. The van der Waals surface area contributed by atoms with E-state index in [2.05, 4.69) is 9.56 Å². The number of hydrogen-bond donors (Lipinski definition) is 1. The number of hydrogen-bond acceptors (Lipinski definition) is 3. The Kier molecular flexibility index (Phi) is 4.38. The molecule has 0 aromatic rings. The normalized spacial score (nSPS) is 14.6. The third-order valence-corrected chi connectivity index (χ3v) is 1.78. The van der Waals surface area contributed by atoms with Gasteiger partial charge in [0.25, 0.3) is 0 Å². The molecule has 3 nitrogen and oxygen atoms in total. The molecule has 0 heterocycles. The van der Waals surface area contributed by atoms with Crippen molar-refractivity contribution in [1.82, 2.24) is 0 Å². The maximum Gasteiger partial charge on any atom is 0.208 e. The molecule has 0 amide bonds. The fourth-order valence-electron chi connectivity index (χ4n) is 0.162. The van der Waals surface area contributed by atoms with Crippen LogP contribution in [0.1, 0.15) is 13.8 Å². The Balaban J connectivity index is 3.17. The molecule has 0 aliphatic carbocycles. The van der Waals surface area contributed by atoms with Crippen molar-refractivity contribution in [2.45, 2.75) is 19.5 Å². The van der Waals surface area contributed by atoms with Gasteiger partial charge in [0, 0.05) is 5.66 Å². The molecule has 0 saturated carbocycles. The summed E-state index contributed by atoms with van der Waals surface area (Å²) in [6.07, 6.45) is 0. The third-order valence-electron chi connectivity index (χ3n) is 0.593. The van der Waals surface area contributed by atoms with Gasteiger partial charge < -0.3 is 4.89 Å². The lowest BCUT2D eigenvalue weighted by atomic mass is 10.6. The average molecular weight is 138 g/mol. The van der Waals surface area contributed by atoms with Crippen LogP contribution in [0.25, 0.3) is 0 Å². The van der Waals surface area contributed by atoms with Crippen LogP contribution >= 0.6 is 8.38 Å². The van der Waals surface area contributed by atoms with E-state index in [0.29, 0.717) is 0 Å². The Morgan fingerprint density at radius 2 is 2.00 bits per heavy atom. The highest BCUT2D eigenvalue weighted by molar-refractivity contribution is 7.46. The molecule has 4 heteroatoms. The van der Waals surface area contributed by atoms with Gasteiger partial charge in [0.05, 0.1) is 7.11 Å². The van der Waals surface area contributed by atoms with Gasteiger partial charge in [-0.15, -0.1) is 0 Å². The quantitative estimate of drug-likeness (QED) is 0.362. The smallest absolute Gasteiger partial charge is 0.208 e. The highest BCUT2D eigenvalue weighted by Gasteiger charge is 2.09. The van der Waals surface area contributed by atoms with Gasteiger partial charge in [0.2, 0.25) is 8.38 Å². The summed E-state index contributed by atoms with van der Waals surface area (Å²) in [6.45, 7) is 3.73. The van der Waals surface area contributed by atoms with Crippen LogP contribution in [0.5, 0.6) is 0 Å². The first-order valence-corrected chi connectivity index (χ1v) is 3.65. The molecule has 1 N–H and O–H groups in total. The van der Waals surface area contributed by atoms with Gasteiger partial charge in [-0.3, -0.25) is 0 Å². The predicted molar refractivity (Wildman–Crippen MR) is 32.4 cm³/mol. The summed E-state index contributed by atoms with van der Waals surface area (Å²) in [5.41, 5.74) is 0.143. The van der Waals surface area contributed by atoms with E-state index in [-0.39, 0.29) is 5.66 Å². The van der Waals surface area contributed by atoms with Gasteiger partial charge in [-0.1, -0.05) is 13.8 Å². The van der Waals surface area contributed by atoms with Crippen LogP contribution < -0.4 is 0 Å². The van der Waals surface area contributed by atoms with Gasteiger partial charge >= 0.3 is 0 Å². The minimum absolute atomic E-state index is 0.143. The van der Waals surface area contributed by atoms with E-state index in [1.165, 1.54) is 7.11 Å². The molecule has 0 spiro atoms. The molecule has 1 atom stereocenters. The molecule has 0 aliphatic rings.